The summed E-state index contributed by atoms with van der Waals surface area (Å²) in [6.45, 7) is 0. The highest BCUT2D eigenvalue weighted by Crippen LogP contribution is 2.31. The number of nitro groups is 1. The molecule has 0 aromatic heterocycles. The summed E-state index contributed by atoms with van der Waals surface area (Å²) in [5.41, 5.74) is 0.526. The minimum Gasteiger partial charge on any atom is -0.258 e. The Bertz CT molecular complexity index is 357. The van der Waals surface area contributed by atoms with Crippen molar-refractivity contribution in [2.45, 2.75) is 5.33 Å². The van der Waals surface area contributed by atoms with Crippen LogP contribution in [0, 0.1) is 10.1 Å². The lowest BCUT2D eigenvalue weighted by atomic mass is 10.2. The fraction of sp³-hybridized carbons (Fsp3) is 0.143. The molecule has 0 bridgehead atoms. The Kier molecular flexibility index (Phi) is 3.53. The van der Waals surface area contributed by atoms with Gasteiger partial charge in [0.05, 0.1) is 4.92 Å². The molecule has 70 valence electrons. The maximum absolute atomic E-state index is 10.5. The van der Waals surface area contributed by atoms with Gasteiger partial charge in [0, 0.05) is 16.4 Å². The molecule has 1 rings (SSSR count). The Morgan fingerprint density at radius 1 is 1.38 bits per heavy atom. The van der Waals surface area contributed by atoms with Crippen LogP contribution in [0.1, 0.15) is 5.56 Å². The van der Waals surface area contributed by atoms with E-state index in [1.165, 1.54) is 12.1 Å². The van der Waals surface area contributed by atoms with E-state index in [2.05, 4.69) is 15.9 Å². The molecule has 0 saturated carbocycles. The summed E-state index contributed by atoms with van der Waals surface area (Å²) < 4.78 is 0. The number of nitro benzene ring substituents is 1. The molecule has 3 nitrogen and oxygen atoms in total. The SMILES string of the molecule is O=[N+]([O-])c1cc(CBr)c(Cl)cc1Cl. The predicted molar refractivity (Wildman–Crippen MR) is 55.7 cm³/mol. The van der Waals surface area contributed by atoms with Gasteiger partial charge in [-0.05, 0) is 11.6 Å². The van der Waals surface area contributed by atoms with Crippen LogP contribution < -0.4 is 0 Å². The first-order valence-electron chi connectivity index (χ1n) is 3.24. The van der Waals surface area contributed by atoms with Gasteiger partial charge in [0.2, 0.25) is 0 Å². The van der Waals surface area contributed by atoms with Crippen molar-refractivity contribution in [3.05, 3.63) is 37.9 Å². The van der Waals surface area contributed by atoms with Crippen LogP contribution >= 0.6 is 39.1 Å². The summed E-state index contributed by atoms with van der Waals surface area (Å²) in [7, 11) is 0. The van der Waals surface area contributed by atoms with E-state index in [1.807, 2.05) is 0 Å². The smallest absolute Gasteiger partial charge is 0.258 e. The summed E-state index contributed by atoms with van der Waals surface area (Å²) in [5, 5.41) is 11.4. The van der Waals surface area contributed by atoms with E-state index in [0.29, 0.717) is 15.9 Å². The van der Waals surface area contributed by atoms with E-state index < -0.39 is 4.92 Å². The maximum Gasteiger partial charge on any atom is 0.288 e. The second kappa shape index (κ2) is 4.26. The van der Waals surface area contributed by atoms with Gasteiger partial charge in [-0.25, -0.2) is 0 Å². The minimum atomic E-state index is -0.537. The number of benzene rings is 1. The van der Waals surface area contributed by atoms with Gasteiger partial charge in [-0.1, -0.05) is 39.1 Å². The molecule has 0 aliphatic carbocycles. The molecule has 0 aliphatic heterocycles. The second-order valence-electron chi connectivity index (χ2n) is 2.29. The fourth-order valence-corrected chi connectivity index (χ4v) is 1.97. The molecule has 1 aromatic carbocycles. The molecule has 0 fully saturated rings. The van der Waals surface area contributed by atoms with Crippen LogP contribution in [-0.2, 0) is 5.33 Å². The Morgan fingerprint density at radius 2 is 2.00 bits per heavy atom. The van der Waals surface area contributed by atoms with Gasteiger partial charge in [-0.15, -0.1) is 0 Å². The standard InChI is InChI=1S/C7H4BrCl2NO2/c8-3-4-1-7(11(12)13)6(10)2-5(4)9/h1-2H,3H2. The zero-order valence-corrected chi connectivity index (χ0v) is 9.36. The molecule has 1 aromatic rings. The summed E-state index contributed by atoms with van der Waals surface area (Å²) in [4.78, 5) is 9.93. The molecule has 0 amide bonds. The topological polar surface area (TPSA) is 43.1 Å². The van der Waals surface area contributed by atoms with E-state index >= 15 is 0 Å². The lowest BCUT2D eigenvalue weighted by Gasteiger charge is -2.01. The van der Waals surface area contributed by atoms with Gasteiger partial charge in [0.1, 0.15) is 5.02 Å². The second-order valence-corrected chi connectivity index (χ2v) is 3.66. The van der Waals surface area contributed by atoms with E-state index in [1.54, 1.807) is 0 Å². The van der Waals surface area contributed by atoms with Gasteiger partial charge in [-0.3, -0.25) is 10.1 Å². The average Bonchev–Trinajstić information content (AvgIpc) is 2.03. The van der Waals surface area contributed by atoms with Crippen LogP contribution in [0.5, 0.6) is 0 Å². The molecule has 13 heavy (non-hydrogen) atoms. The van der Waals surface area contributed by atoms with Crippen molar-refractivity contribution in [1.29, 1.82) is 0 Å². The third kappa shape index (κ3) is 2.33. The van der Waals surface area contributed by atoms with Gasteiger partial charge in [0.25, 0.3) is 5.69 Å². The third-order valence-electron chi connectivity index (χ3n) is 1.46. The Labute approximate surface area is 92.9 Å². The molecule has 0 radical (unpaired) electrons. The van der Waals surface area contributed by atoms with Crippen molar-refractivity contribution in [2.24, 2.45) is 0 Å². The molecule has 0 aliphatic rings. The van der Waals surface area contributed by atoms with Crippen LogP contribution in [0.25, 0.3) is 0 Å². The molecule has 0 saturated heterocycles. The lowest BCUT2D eigenvalue weighted by Crippen LogP contribution is -1.91. The summed E-state index contributed by atoms with van der Waals surface area (Å²) in [6, 6.07) is 2.73. The summed E-state index contributed by atoms with van der Waals surface area (Å²) >= 11 is 14.5. The third-order valence-corrected chi connectivity index (χ3v) is 2.72. The van der Waals surface area contributed by atoms with E-state index in [-0.39, 0.29) is 10.7 Å². The molecular weight excluding hydrogens is 281 g/mol. The Morgan fingerprint density at radius 3 is 2.46 bits per heavy atom. The molecule has 6 heteroatoms. The first-order chi connectivity index (χ1) is 6.06. The normalized spacial score (nSPS) is 10.1. The predicted octanol–water partition coefficient (Wildman–Crippen LogP) is 3.80. The fourth-order valence-electron chi connectivity index (χ4n) is 0.823. The Hall–Kier alpha value is -0.320. The van der Waals surface area contributed by atoms with Crippen molar-refractivity contribution in [3.63, 3.8) is 0 Å². The van der Waals surface area contributed by atoms with Crippen molar-refractivity contribution >= 4 is 44.8 Å². The highest BCUT2D eigenvalue weighted by Gasteiger charge is 2.15. The molecular formula is C7H4BrCl2NO2. The van der Waals surface area contributed by atoms with E-state index in [0.717, 1.165) is 0 Å². The van der Waals surface area contributed by atoms with E-state index in [4.69, 9.17) is 23.2 Å². The first-order valence-corrected chi connectivity index (χ1v) is 5.12. The number of alkyl halides is 1. The van der Waals surface area contributed by atoms with Crippen molar-refractivity contribution in [3.8, 4) is 0 Å². The van der Waals surface area contributed by atoms with Gasteiger partial charge in [0.15, 0.2) is 0 Å². The number of nitrogens with zero attached hydrogens (tertiary/aromatic N) is 1. The van der Waals surface area contributed by atoms with Crippen LogP contribution in [0.3, 0.4) is 0 Å². The first kappa shape index (κ1) is 10.8. The Balaban J connectivity index is 3.30. The summed E-state index contributed by atoms with van der Waals surface area (Å²) in [6.07, 6.45) is 0. The molecule has 0 heterocycles. The quantitative estimate of drug-likeness (QED) is 0.471. The lowest BCUT2D eigenvalue weighted by molar-refractivity contribution is -0.384. The highest BCUT2D eigenvalue weighted by molar-refractivity contribution is 9.08. The maximum atomic E-state index is 10.5. The summed E-state index contributed by atoms with van der Waals surface area (Å²) in [5.74, 6) is 0. The average molecular weight is 285 g/mol. The molecule has 0 atom stereocenters. The zero-order valence-electron chi connectivity index (χ0n) is 6.26. The van der Waals surface area contributed by atoms with Gasteiger partial charge >= 0.3 is 0 Å². The zero-order chi connectivity index (χ0) is 10.0. The van der Waals surface area contributed by atoms with Crippen LogP contribution in [0.2, 0.25) is 10.0 Å². The van der Waals surface area contributed by atoms with E-state index in [9.17, 15) is 10.1 Å². The van der Waals surface area contributed by atoms with Crippen LogP contribution in [-0.4, -0.2) is 4.92 Å². The number of halogens is 3. The highest BCUT2D eigenvalue weighted by atomic mass is 79.9. The van der Waals surface area contributed by atoms with Crippen molar-refractivity contribution in [2.75, 3.05) is 0 Å². The molecule has 0 unspecified atom stereocenters. The van der Waals surface area contributed by atoms with Crippen LogP contribution in [0.15, 0.2) is 12.1 Å². The van der Waals surface area contributed by atoms with Crippen molar-refractivity contribution in [1.82, 2.24) is 0 Å². The minimum absolute atomic E-state index is 0.0553. The number of hydrogen-bond acceptors (Lipinski definition) is 2. The molecule has 0 spiro atoms. The largest absolute Gasteiger partial charge is 0.288 e. The monoisotopic (exact) mass is 283 g/mol. The van der Waals surface area contributed by atoms with Crippen molar-refractivity contribution < 1.29 is 4.92 Å². The van der Waals surface area contributed by atoms with Crippen LogP contribution in [0.4, 0.5) is 5.69 Å². The number of rotatable bonds is 2. The van der Waals surface area contributed by atoms with Gasteiger partial charge in [-0.2, -0.15) is 0 Å². The number of hydrogen-bond donors (Lipinski definition) is 0. The molecule has 0 N–H and O–H groups in total. The van der Waals surface area contributed by atoms with Gasteiger partial charge < -0.3 is 0 Å².